The molecule has 0 aromatic carbocycles. The molecule has 1 aromatic heterocycles. The van der Waals surface area contributed by atoms with Gasteiger partial charge in [0.15, 0.2) is 5.78 Å². The van der Waals surface area contributed by atoms with Crippen molar-refractivity contribution in [1.29, 1.82) is 0 Å². The summed E-state index contributed by atoms with van der Waals surface area (Å²) in [5.41, 5.74) is 0. The van der Waals surface area contributed by atoms with Gasteiger partial charge in [0, 0.05) is 0 Å². The van der Waals surface area contributed by atoms with E-state index in [0.29, 0.717) is 9.90 Å². The summed E-state index contributed by atoms with van der Waals surface area (Å²) in [5, 5.41) is 2.29. The molecule has 1 aromatic rings. The first-order chi connectivity index (χ1) is 4.75. The molecule has 0 aliphatic heterocycles. The number of ketones is 1. The Morgan fingerprint density at radius 1 is 1.80 bits per heavy atom. The highest BCUT2D eigenvalue weighted by Crippen LogP contribution is 2.22. The summed E-state index contributed by atoms with van der Waals surface area (Å²) in [6.07, 6.45) is 1.26. The lowest BCUT2D eigenvalue weighted by atomic mass is 10.3. The fourth-order valence-electron chi connectivity index (χ4n) is 0.562. The first-order valence-corrected chi connectivity index (χ1v) is 3.91. The summed E-state index contributed by atoms with van der Waals surface area (Å²) in [4.78, 5) is 11.5. The van der Waals surface area contributed by atoms with E-state index in [2.05, 4.69) is 6.58 Å². The Kier molecular flexibility index (Phi) is 2.25. The van der Waals surface area contributed by atoms with Crippen molar-refractivity contribution in [3.8, 4) is 0 Å². The van der Waals surface area contributed by atoms with Crippen molar-refractivity contribution in [2.45, 2.75) is 0 Å². The minimum absolute atomic E-state index is 0.111. The van der Waals surface area contributed by atoms with Crippen molar-refractivity contribution in [3.63, 3.8) is 0 Å². The number of hydrogen-bond acceptors (Lipinski definition) is 2. The highest BCUT2D eigenvalue weighted by Gasteiger charge is 2.06. The third kappa shape index (κ3) is 1.28. The van der Waals surface area contributed by atoms with Gasteiger partial charge in [0.25, 0.3) is 0 Å². The van der Waals surface area contributed by atoms with E-state index in [-0.39, 0.29) is 5.78 Å². The average Bonchev–Trinajstić information content (AvgIpc) is 2.34. The second-order valence-electron chi connectivity index (χ2n) is 1.67. The fourth-order valence-corrected chi connectivity index (χ4v) is 1.65. The highest BCUT2D eigenvalue weighted by atomic mass is 35.5. The number of halogens is 1. The SMILES string of the molecule is C=CC(=O)c1sccc1Cl. The minimum Gasteiger partial charge on any atom is -0.288 e. The summed E-state index contributed by atoms with van der Waals surface area (Å²) in [5.74, 6) is -0.111. The van der Waals surface area contributed by atoms with Crippen LogP contribution in [0.2, 0.25) is 5.02 Å². The molecule has 10 heavy (non-hydrogen) atoms. The molecular formula is C7H5ClOS. The van der Waals surface area contributed by atoms with Crippen molar-refractivity contribution < 1.29 is 4.79 Å². The number of carbonyl (C=O) groups excluding carboxylic acids is 1. The van der Waals surface area contributed by atoms with E-state index in [0.717, 1.165) is 0 Å². The summed E-state index contributed by atoms with van der Waals surface area (Å²) in [6, 6.07) is 1.70. The van der Waals surface area contributed by atoms with Crippen LogP contribution in [0, 0.1) is 0 Å². The van der Waals surface area contributed by atoms with E-state index in [4.69, 9.17) is 11.6 Å². The van der Waals surface area contributed by atoms with Gasteiger partial charge < -0.3 is 0 Å². The lowest BCUT2D eigenvalue weighted by molar-refractivity contribution is 0.105. The molecule has 0 atom stereocenters. The molecule has 1 nitrogen and oxygen atoms in total. The third-order valence-corrected chi connectivity index (χ3v) is 2.38. The Labute approximate surface area is 67.9 Å². The summed E-state index contributed by atoms with van der Waals surface area (Å²) in [6.45, 7) is 3.36. The van der Waals surface area contributed by atoms with Crippen molar-refractivity contribution in [1.82, 2.24) is 0 Å². The van der Waals surface area contributed by atoms with Crippen molar-refractivity contribution in [3.05, 3.63) is 34.0 Å². The second kappa shape index (κ2) is 2.99. The van der Waals surface area contributed by atoms with Crippen LogP contribution < -0.4 is 0 Å². The van der Waals surface area contributed by atoms with E-state index in [9.17, 15) is 4.79 Å². The van der Waals surface area contributed by atoms with E-state index in [1.807, 2.05) is 0 Å². The Morgan fingerprint density at radius 2 is 2.50 bits per heavy atom. The van der Waals surface area contributed by atoms with Gasteiger partial charge in [-0.1, -0.05) is 18.2 Å². The first-order valence-electron chi connectivity index (χ1n) is 2.65. The Balaban J connectivity index is 3.04. The summed E-state index contributed by atoms with van der Waals surface area (Å²) in [7, 11) is 0. The van der Waals surface area contributed by atoms with Crippen LogP contribution in [0.5, 0.6) is 0 Å². The van der Waals surface area contributed by atoms with Crippen LogP contribution in [0.3, 0.4) is 0 Å². The van der Waals surface area contributed by atoms with Crippen LogP contribution in [0.1, 0.15) is 9.67 Å². The maximum absolute atomic E-state index is 10.9. The van der Waals surface area contributed by atoms with Crippen LogP contribution in [-0.2, 0) is 0 Å². The molecule has 0 aliphatic rings. The van der Waals surface area contributed by atoms with Gasteiger partial charge in [-0.25, -0.2) is 0 Å². The molecule has 0 N–H and O–H groups in total. The van der Waals surface area contributed by atoms with Crippen molar-refractivity contribution in [2.75, 3.05) is 0 Å². The third-order valence-electron chi connectivity index (χ3n) is 1.03. The van der Waals surface area contributed by atoms with Crippen LogP contribution in [0.25, 0.3) is 0 Å². The molecule has 0 saturated carbocycles. The smallest absolute Gasteiger partial charge is 0.196 e. The monoisotopic (exact) mass is 172 g/mol. The molecule has 0 bridgehead atoms. The van der Waals surface area contributed by atoms with Gasteiger partial charge in [0.05, 0.1) is 9.90 Å². The van der Waals surface area contributed by atoms with E-state index in [1.54, 1.807) is 11.4 Å². The summed E-state index contributed by atoms with van der Waals surface area (Å²) >= 11 is 6.98. The molecule has 0 radical (unpaired) electrons. The zero-order valence-electron chi connectivity index (χ0n) is 5.13. The molecule has 3 heteroatoms. The Bertz CT molecular complexity index is 264. The second-order valence-corrected chi connectivity index (χ2v) is 2.99. The molecule has 1 rings (SSSR count). The van der Waals surface area contributed by atoms with Crippen LogP contribution in [0.4, 0.5) is 0 Å². The lowest BCUT2D eigenvalue weighted by Crippen LogP contribution is -1.88. The van der Waals surface area contributed by atoms with Gasteiger partial charge >= 0.3 is 0 Å². The molecule has 1 heterocycles. The van der Waals surface area contributed by atoms with Gasteiger partial charge in [-0.05, 0) is 17.5 Å². The lowest BCUT2D eigenvalue weighted by Gasteiger charge is -1.87. The quantitative estimate of drug-likeness (QED) is 0.495. The van der Waals surface area contributed by atoms with E-state index in [1.165, 1.54) is 17.4 Å². The number of hydrogen-bond donors (Lipinski definition) is 0. The predicted molar refractivity (Wildman–Crippen MR) is 43.9 cm³/mol. The molecule has 0 aliphatic carbocycles. The maximum atomic E-state index is 10.9. The van der Waals surface area contributed by atoms with Gasteiger partial charge in [0.2, 0.25) is 0 Å². The molecule has 0 unspecified atom stereocenters. The van der Waals surface area contributed by atoms with E-state index < -0.39 is 0 Å². The normalized spacial score (nSPS) is 9.30. The van der Waals surface area contributed by atoms with Gasteiger partial charge in [-0.2, -0.15) is 0 Å². The molecular weight excluding hydrogens is 168 g/mol. The molecule has 52 valence electrons. The zero-order valence-corrected chi connectivity index (χ0v) is 6.71. The largest absolute Gasteiger partial charge is 0.288 e. The predicted octanol–water partition coefficient (Wildman–Crippen LogP) is 2.77. The highest BCUT2D eigenvalue weighted by molar-refractivity contribution is 7.12. The topological polar surface area (TPSA) is 17.1 Å². The first kappa shape index (κ1) is 7.51. The number of rotatable bonds is 2. The number of allylic oxidation sites excluding steroid dienone is 1. The van der Waals surface area contributed by atoms with Crippen LogP contribution >= 0.6 is 22.9 Å². The standard InChI is InChI=1S/C7H5ClOS/c1-2-6(9)7-5(8)3-4-10-7/h2-4H,1H2. The minimum atomic E-state index is -0.111. The van der Waals surface area contributed by atoms with Crippen LogP contribution in [0.15, 0.2) is 24.1 Å². The van der Waals surface area contributed by atoms with Crippen molar-refractivity contribution >= 4 is 28.7 Å². The Morgan fingerprint density at radius 3 is 2.90 bits per heavy atom. The fraction of sp³-hybridized carbons (Fsp3) is 0. The average molecular weight is 173 g/mol. The van der Waals surface area contributed by atoms with E-state index >= 15 is 0 Å². The number of thiophene rings is 1. The maximum Gasteiger partial charge on any atom is 0.196 e. The van der Waals surface area contributed by atoms with Gasteiger partial charge in [0.1, 0.15) is 0 Å². The zero-order chi connectivity index (χ0) is 7.56. The van der Waals surface area contributed by atoms with Gasteiger partial charge in [-0.15, -0.1) is 11.3 Å². The van der Waals surface area contributed by atoms with Crippen LogP contribution in [-0.4, -0.2) is 5.78 Å². The molecule has 0 amide bonds. The molecule has 0 fully saturated rings. The Hall–Kier alpha value is -0.600. The van der Waals surface area contributed by atoms with Crippen molar-refractivity contribution in [2.24, 2.45) is 0 Å². The van der Waals surface area contributed by atoms with Gasteiger partial charge in [-0.3, -0.25) is 4.79 Å². The summed E-state index contributed by atoms with van der Waals surface area (Å²) < 4.78 is 0. The molecule has 0 saturated heterocycles. The molecule has 0 spiro atoms. The number of carbonyl (C=O) groups is 1.